The van der Waals surface area contributed by atoms with Gasteiger partial charge in [0.1, 0.15) is 11.4 Å². The van der Waals surface area contributed by atoms with Crippen molar-refractivity contribution >= 4 is 65.5 Å². The molecular weight excluding hydrogens is 542 g/mol. The van der Waals surface area contributed by atoms with Crippen molar-refractivity contribution in [3.63, 3.8) is 0 Å². The Morgan fingerprint density at radius 3 is 2.74 bits per heavy atom. The molecule has 5 nitrogen and oxygen atoms in total. The normalized spacial score (nSPS) is 11.6. The fourth-order valence-electron chi connectivity index (χ4n) is 2.73. The lowest BCUT2D eigenvalue weighted by Crippen LogP contribution is -1.93. The highest BCUT2D eigenvalue weighted by molar-refractivity contribution is 9.11. The third-order valence-electron chi connectivity index (χ3n) is 3.88. The summed E-state index contributed by atoms with van der Waals surface area (Å²) in [6, 6.07) is 11.4. The fourth-order valence-corrected chi connectivity index (χ4v) is 4.49. The van der Waals surface area contributed by atoms with Crippen molar-refractivity contribution in [1.29, 1.82) is 0 Å². The van der Waals surface area contributed by atoms with E-state index in [1.165, 1.54) is 0 Å². The van der Waals surface area contributed by atoms with Crippen molar-refractivity contribution in [2.75, 3.05) is 7.11 Å². The third-order valence-corrected chi connectivity index (χ3v) is 5.39. The molecule has 0 spiro atoms. The first-order valence-corrected chi connectivity index (χ1v) is 10.2. The first-order valence-electron chi connectivity index (χ1n) is 7.85. The van der Waals surface area contributed by atoms with Crippen molar-refractivity contribution in [2.24, 2.45) is 4.99 Å². The van der Waals surface area contributed by atoms with Gasteiger partial charge < -0.3 is 9.15 Å². The van der Waals surface area contributed by atoms with Gasteiger partial charge in [0, 0.05) is 26.9 Å². The number of furan rings is 1. The largest absolute Gasteiger partial charge is 0.495 e. The van der Waals surface area contributed by atoms with Gasteiger partial charge in [-0.15, -0.1) is 0 Å². The molecule has 0 fully saturated rings. The number of aliphatic imine (C=N–C) groups is 1. The zero-order valence-corrected chi connectivity index (χ0v) is 18.7. The summed E-state index contributed by atoms with van der Waals surface area (Å²) < 4.78 is 15.7. The maximum absolute atomic E-state index is 5.55. The molecule has 1 aromatic carbocycles. The number of benzene rings is 1. The highest BCUT2D eigenvalue weighted by Crippen LogP contribution is 2.34. The van der Waals surface area contributed by atoms with Crippen LogP contribution in [0.3, 0.4) is 0 Å². The second kappa shape index (κ2) is 7.61. The van der Waals surface area contributed by atoms with Crippen LogP contribution in [-0.2, 0) is 0 Å². The van der Waals surface area contributed by atoms with Gasteiger partial charge in [0.15, 0.2) is 17.3 Å². The van der Waals surface area contributed by atoms with Gasteiger partial charge in [0.25, 0.3) is 0 Å². The average molecular weight is 554 g/mol. The second-order valence-corrected chi connectivity index (χ2v) is 8.29. The molecule has 0 saturated carbocycles. The molecule has 4 aromatic rings. The van der Waals surface area contributed by atoms with Crippen molar-refractivity contribution in [3.05, 3.63) is 67.8 Å². The summed E-state index contributed by atoms with van der Waals surface area (Å²) in [5, 5.41) is 0. The Morgan fingerprint density at radius 1 is 1.15 bits per heavy atom. The summed E-state index contributed by atoms with van der Waals surface area (Å²) in [4.78, 5) is 9.40. The van der Waals surface area contributed by atoms with Gasteiger partial charge in [-0.3, -0.25) is 4.40 Å². The molecule has 0 aliphatic rings. The smallest absolute Gasteiger partial charge is 0.168 e. The number of fused-ring (bicyclic) bond motifs is 1. The van der Waals surface area contributed by atoms with E-state index in [2.05, 4.69) is 52.8 Å². The topological polar surface area (TPSA) is 52.0 Å². The zero-order chi connectivity index (χ0) is 19.0. The summed E-state index contributed by atoms with van der Waals surface area (Å²) in [5.74, 6) is 2.03. The van der Waals surface area contributed by atoms with E-state index in [9.17, 15) is 0 Å². The summed E-state index contributed by atoms with van der Waals surface area (Å²) in [6.45, 7) is 0. The van der Waals surface area contributed by atoms with Crippen LogP contribution in [0.25, 0.3) is 17.1 Å². The number of imidazole rings is 1. The molecule has 27 heavy (non-hydrogen) atoms. The van der Waals surface area contributed by atoms with Crippen LogP contribution in [0.1, 0.15) is 5.56 Å². The summed E-state index contributed by atoms with van der Waals surface area (Å²) >= 11 is 10.5. The summed E-state index contributed by atoms with van der Waals surface area (Å²) in [7, 11) is 1.63. The van der Waals surface area contributed by atoms with E-state index in [0.717, 1.165) is 24.6 Å². The van der Waals surface area contributed by atoms with Gasteiger partial charge in [-0.05, 0) is 68.3 Å². The number of nitrogens with zero attached hydrogens (tertiary/aromatic N) is 3. The maximum Gasteiger partial charge on any atom is 0.168 e. The van der Waals surface area contributed by atoms with E-state index < -0.39 is 0 Å². The number of pyridine rings is 1. The second-order valence-electron chi connectivity index (χ2n) is 5.61. The third kappa shape index (κ3) is 3.61. The Morgan fingerprint density at radius 2 is 2.00 bits per heavy atom. The van der Waals surface area contributed by atoms with E-state index in [0.29, 0.717) is 23.0 Å². The van der Waals surface area contributed by atoms with Crippen LogP contribution in [0.4, 0.5) is 5.82 Å². The number of hydrogen-bond acceptors (Lipinski definition) is 4. The molecule has 3 aromatic heterocycles. The van der Waals surface area contributed by atoms with Crippen LogP contribution in [0.5, 0.6) is 5.75 Å². The lowest BCUT2D eigenvalue weighted by Gasteiger charge is -2.08. The first kappa shape index (κ1) is 18.5. The monoisotopic (exact) mass is 551 g/mol. The number of ether oxygens (including phenoxy) is 1. The van der Waals surface area contributed by atoms with E-state index in [-0.39, 0.29) is 0 Å². The Kier molecular flexibility index (Phi) is 5.21. The van der Waals surface area contributed by atoms with E-state index in [4.69, 9.17) is 14.1 Å². The summed E-state index contributed by atoms with van der Waals surface area (Å²) in [6.07, 6.45) is 5.30. The van der Waals surface area contributed by atoms with Gasteiger partial charge in [-0.2, -0.15) is 0 Å². The molecule has 8 heteroatoms. The van der Waals surface area contributed by atoms with E-state index >= 15 is 0 Å². The van der Waals surface area contributed by atoms with Crippen LogP contribution >= 0.6 is 47.8 Å². The minimum atomic E-state index is 0.657. The molecule has 0 unspecified atom stereocenters. The maximum atomic E-state index is 5.55. The van der Waals surface area contributed by atoms with E-state index in [1.807, 2.05) is 47.0 Å². The molecular formula is C19H12Br3N3O2. The highest BCUT2D eigenvalue weighted by atomic mass is 79.9. The molecule has 136 valence electrons. The van der Waals surface area contributed by atoms with E-state index in [1.54, 1.807) is 19.6 Å². The molecule has 0 aliphatic heterocycles. The SMILES string of the molecule is COc1c(Br)cc(Br)cc1C=Nc1c(-c2ccco2)nc2ccc(Br)cn12. The molecule has 0 atom stereocenters. The molecule has 4 rings (SSSR count). The van der Waals surface area contributed by atoms with Crippen molar-refractivity contribution in [1.82, 2.24) is 9.38 Å². The number of hydrogen-bond donors (Lipinski definition) is 0. The standard InChI is InChI=1S/C19H12Br3N3O2/c1-26-18-11(7-13(21)8-14(18)22)9-23-19-17(15-3-2-6-27-15)24-16-5-4-12(20)10-25(16)19/h2-10H,1H3. The van der Waals surface area contributed by atoms with Crippen LogP contribution < -0.4 is 4.74 Å². The molecule has 0 N–H and O–H groups in total. The van der Waals surface area contributed by atoms with Gasteiger partial charge in [-0.25, -0.2) is 9.98 Å². The van der Waals surface area contributed by atoms with Crippen LogP contribution in [0, 0.1) is 0 Å². The molecule has 0 saturated heterocycles. The predicted molar refractivity (Wildman–Crippen MR) is 116 cm³/mol. The quantitative estimate of drug-likeness (QED) is 0.266. The average Bonchev–Trinajstić information content (AvgIpc) is 3.27. The first-order chi connectivity index (χ1) is 13.1. The lowest BCUT2D eigenvalue weighted by atomic mass is 10.2. The fraction of sp³-hybridized carbons (Fsp3) is 0.0526. The Bertz CT molecular complexity index is 1150. The van der Waals surface area contributed by atoms with Crippen molar-refractivity contribution < 1.29 is 9.15 Å². The van der Waals surface area contributed by atoms with Gasteiger partial charge in [0.2, 0.25) is 0 Å². The molecule has 0 aliphatic carbocycles. The zero-order valence-electron chi connectivity index (χ0n) is 14.0. The molecule has 0 bridgehead atoms. The minimum absolute atomic E-state index is 0.657. The molecule has 0 amide bonds. The Balaban J connectivity index is 1.90. The number of aromatic nitrogens is 2. The van der Waals surface area contributed by atoms with Crippen LogP contribution in [0.15, 0.2) is 71.7 Å². The Hall–Kier alpha value is -1.90. The molecule has 0 radical (unpaired) electrons. The molecule has 3 heterocycles. The van der Waals surface area contributed by atoms with Crippen LogP contribution in [0.2, 0.25) is 0 Å². The van der Waals surface area contributed by atoms with Gasteiger partial charge >= 0.3 is 0 Å². The van der Waals surface area contributed by atoms with Gasteiger partial charge in [-0.1, -0.05) is 15.9 Å². The predicted octanol–water partition coefficient (Wildman–Crippen LogP) is 6.64. The number of rotatable bonds is 4. The number of halogens is 3. The highest BCUT2D eigenvalue weighted by Gasteiger charge is 2.16. The van der Waals surface area contributed by atoms with Gasteiger partial charge in [0.05, 0.1) is 17.8 Å². The minimum Gasteiger partial charge on any atom is -0.495 e. The summed E-state index contributed by atoms with van der Waals surface area (Å²) in [5.41, 5.74) is 2.27. The van der Waals surface area contributed by atoms with Crippen molar-refractivity contribution in [3.8, 4) is 17.2 Å². The Labute approximate surface area is 180 Å². The van der Waals surface area contributed by atoms with Crippen LogP contribution in [-0.4, -0.2) is 22.7 Å². The lowest BCUT2D eigenvalue weighted by molar-refractivity contribution is 0.411. The number of methoxy groups -OCH3 is 1. The van der Waals surface area contributed by atoms with Crippen molar-refractivity contribution in [2.45, 2.75) is 0 Å².